The van der Waals surface area contributed by atoms with E-state index in [4.69, 9.17) is 15.2 Å². The van der Waals surface area contributed by atoms with Crippen LogP contribution in [-0.4, -0.2) is 71.5 Å². The first-order valence-electron chi connectivity index (χ1n) is 10.4. The van der Waals surface area contributed by atoms with Crippen LogP contribution in [0.25, 0.3) is 0 Å². The molecule has 0 fully saturated rings. The summed E-state index contributed by atoms with van der Waals surface area (Å²) in [4.78, 5) is 43.7. The predicted octanol–water partition coefficient (Wildman–Crippen LogP) is 1.58. The molecule has 180 valence electrons. The van der Waals surface area contributed by atoms with E-state index < -0.39 is 29.7 Å². The third kappa shape index (κ3) is 10.2. The lowest BCUT2D eigenvalue weighted by atomic mass is 10.1. The van der Waals surface area contributed by atoms with Gasteiger partial charge in [-0.1, -0.05) is 0 Å². The van der Waals surface area contributed by atoms with Gasteiger partial charge in [0.1, 0.15) is 23.0 Å². The maximum Gasteiger partial charge on any atom is 0.408 e. The van der Waals surface area contributed by atoms with Crippen molar-refractivity contribution in [3.63, 3.8) is 0 Å². The number of rotatable bonds is 13. The van der Waals surface area contributed by atoms with Crippen molar-refractivity contribution in [3.05, 3.63) is 11.8 Å². The number of alkyl carbamates (subject to hydrolysis) is 1. The molecule has 0 aliphatic heterocycles. The van der Waals surface area contributed by atoms with E-state index in [0.29, 0.717) is 32.0 Å². The third-order valence-electron chi connectivity index (χ3n) is 4.06. The molecule has 1 aromatic heterocycles. The van der Waals surface area contributed by atoms with Crippen LogP contribution in [-0.2, 0) is 14.3 Å². The first-order chi connectivity index (χ1) is 15.1. The normalized spacial score (nSPS) is 11.9. The molecule has 0 radical (unpaired) electrons. The third-order valence-corrected chi connectivity index (χ3v) is 4.06. The van der Waals surface area contributed by atoms with Crippen molar-refractivity contribution >= 4 is 29.8 Å². The maximum atomic E-state index is 12.0. The Balaban J connectivity index is 2.69. The van der Waals surface area contributed by atoms with Gasteiger partial charge in [-0.05, 0) is 53.0 Å². The summed E-state index contributed by atoms with van der Waals surface area (Å²) in [7, 11) is 1.25. The zero-order chi connectivity index (χ0) is 24.1. The fraction of sp³-hybridized carbons (Fsp3) is 0.650. The summed E-state index contributed by atoms with van der Waals surface area (Å²) in [5.41, 5.74) is 4.89. The number of hydrogen-bond acceptors (Lipinski definition) is 10. The number of amides is 1. The van der Waals surface area contributed by atoms with Gasteiger partial charge in [-0.15, -0.1) is 0 Å². The second kappa shape index (κ2) is 13.3. The van der Waals surface area contributed by atoms with Gasteiger partial charge in [-0.3, -0.25) is 0 Å². The van der Waals surface area contributed by atoms with E-state index >= 15 is 0 Å². The molecule has 32 heavy (non-hydrogen) atoms. The van der Waals surface area contributed by atoms with Crippen LogP contribution >= 0.6 is 0 Å². The fourth-order valence-corrected chi connectivity index (χ4v) is 2.55. The molecule has 1 aromatic rings. The number of carboxylic acid groups (broad SMARTS) is 1. The van der Waals surface area contributed by atoms with Crippen LogP contribution in [0.2, 0.25) is 0 Å². The number of nitrogens with two attached hydrogens (primary N) is 1. The smallest absolute Gasteiger partial charge is 0.408 e. The summed E-state index contributed by atoms with van der Waals surface area (Å²) in [5.74, 6) is -1.17. The van der Waals surface area contributed by atoms with Crippen molar-refractivity contribution in [2.75, 3.05) is 37.4 Å². The lowest BCUT2D eigenvalue weighted by molar-refractivity contribution is -0.139. The Bertz CT molecular complexity index is 767. The molecule has 1 atom stereocenters. The van der Waals surface area contributed by atoms with Crippen molar-refractivity contribution in [3.8, 4) is 0 Å². The zero-order valence-corrected chi connectivity index (χ0v) is 19.1. The first-order valence-corrected chi connectivity index (χ1v) is 10.4. The summed E-state index contributed by atoms with van der Waals surface area (Å²) in [6, 6.07) is -1.11. The Hall–Kier alpha value is -3.15. The monoisotopic (exact) mass is 454 g/mol. The predicted molar refractivity (Wildman–Crippen MR) is 119 cm³/mol. The Labute approximate surface area is 187 Å². The number of hydrogen-bond donors (Lipinski definition) is 5. The second-order valence-corrected chi connectivity index (χ2v) is 7.98. The van der Waals surface area contributed by atoms with Gasteiger partial charge in [0.2, 0.25) is 5.95 Å². The lowest BCUT2D eigenvalue weighted by Gasteiger charge is -2.22. The van der Waals surface area contributed by atoms with Gasteiger partial charge in [0.25, 0.3) is 0 Å². The Morgan fingerprint density at radius 1 is 1.16 bits per heavy atom. The van der Waals surface area contributed by atoms with E-state index in [1.54, 1.807) is 20.8 Å². The summed E-state index contributed by atoms with van der Waals surface area (Å²) < 4.78 is 9.85. The number of nitrogens with zero attached hydrogens (tertiary/aromatic N) is 2. The first kappa shape index (κ1) is 26.9. The van der Waals surface area contributed by atoms with Gasteiger partial charge < -0.3 is 36.3 Å². The van der Waals surface area contributed by atoms with E-state index in [0.717, 1.165) is 12.8 Å². The molecule has 0 unspecified atom stereocenters. The quantitative estimate of drug-likeness (QED) is 0.216. The van der Waals surface area contributed by atoms with Gasteiger partial charge >= 0.3 is 18.0 Å². The molecule has 0 aliphatic carbocycles. The molecule has 0 aromatic carbocycles. The summed E-state index contributed by atoms with van der Waals surface area (Å²) in [5, 5.41) is 17.8. The molecule has 6 N–H and O–H groups in total. The van der Waals surface area contributed by atoms with Crippen molar-refractivity contribution < 1.29 is 29.0 Å². The molecular weight excluding hydrogens is 420 g/mol. The molecule has 1 heterocycles. The van der Waals surface area contributed by atoms with E-state index in [1.807, 2.05) is 0 Å². The molecule has 0 bridgehead atoms. The number of methoxy groups -OCH3 is 1. The number of esters is 1. The fourth-order valence-electron chi connectivity index (χ4n) is 2.55. The van der Waals surface area contributed by atoms with Crippen LogP contribution in [0.1, 0.15) is 56.8 Å². The van der Waals surface area contributed by atoms with E-state index in [1.165, 1.54) is 13.3 Å². The second-order valence-electron chi connectivity index (χ2n) is 7.98. The SMILES string of the molecule is COC(=O)c1cnc(NCCCCN)nc1NCCC[C@H](NC(=O)OC(C)(C)C)C(=O)O. The van der Waals surface area contributed by atoms with Crippen LogP contribution in [0.15, 0.2) is 6.20 Å². The molecule has 1 rings (SSSR count). The van der Waals surface area contributed by atoms with Crippen molar-refractivity contribution in [1.29, 1.82) is 0 Å². The average molecular weight is 455 g/mol. The Morgan fingerprint density at radius 3 is 2.44 bits per heavy atom. The van der Waals surface area contributed by atoms with Crippen LogP contribution in [0.4, 0.5) is 16.6 Å². The highest BCUT2D eigenvalue weighted by Gasteiger charge is 2.23. The number of aromatic nitrogens is 2. The largest absolute Gasteiger partial charge is 0.480 e. The van der Waals surface area contributed by atoms with E-state index in [2.05, 4.69) is 25.9 Å². The molecule has 1 amide bonds. The van der Waals surface area contributed by atoms with Crippen LogP contribution in [0, 0.1) is 0 Å². The van der Waals surface area contributed by atoms with Crippen molar-refractivity contribution in [2.24, 2.45) is 5.73 Å². The molecule has 0 saturated heterocycles. The minimum atomic E-state index is -1.17. The topological polar surface area (TPSA) is 178 Å². The van der Waals surface area contributed by atoms with Crippen LogP contribution in [0.5, 0.6) is 0 Å². The number of carbonyl (C=O) groups excluding carboxylic acids is 2. The lowest BCUT2D eigenvalue weighted by Crippen LogP contribution is -2.43. The number of carboxylic acids is 1. The highest BCUT2D eigenvalue weighted by Crippen LogP contribution is 2.16. The van der Waals surface area contributed by atoms with E-state index in [9.17, 15) is 19.5 Å². The van der Waals surface area contributed by atoms with Gasteiger partial charge in [-0.25, -0.2) is 19.4 Å². The average Bonchev–Trinajstić information content (AvgIpc) is 2.71. The van der Waals surface area contributed by atoms with Crippen molar-refractivity contribution in [1.82, 2.24) is 15.3 Å². The number of aliphatic carboxylic acids is 1. The summed E-state index contributed by atoms with van der Waals surface area (Å²) in [6.07, 6.45) is 2.78. The number of nitrogens with one attached hydrogen (secondary N) is 3. The zero-order valence-electron chi connectivity index (χ0n) is 19.1. The van der Waals surface area contributed by atoms with Gasteiger partial charge in [0, 0.05) is 19.3 Å². The molecule has 0 aliphatic rings. The standard InChI is InChI=1S/C20H34N6O6/c1-20(2,3)32-19(30)25-14(16(27)28)8-7-11-22-15-13(17(29)31-4)12-24-18(26-15)23-10-6-5-9-21/h12,14H,5-11,21H2,1-4H3,(H,25,30)(H,27,28)(H2,22,23,24,26)/t14-/m0/s1. The molecular formula is C20H34N6O6. The van der Waals surface area contributed by atoms with Gasteiger partial charge in [0.15, 0.2) is 0 Å². The maximum absolute atomic E-state index is 12.0. The van der Waals surface area contributed by atoms with E-state index in [-0.39, 0.29) is 17.8 Å². The summed E-state index contributed by atoms with van der Waals surface area (Å²) in [6.45, 7) is 6.59. The molecule has 12 heteroatoms. The summed E-state index contributed by atoms with van der Waals surface area (Å²) >= 11 is 0. The van der Waals surface area contributed by atoms with Crippen molar-refractivity contribution in [2.45, 2.75) is 58.1 Å². The highest BCUT2D eigenvalue weighted by atomic mass is 16.6. The molecule has 12 nitrogen and oxygen atoms in total. The number of anilines is 2. The highest BCUT2D eigenvalue weighted by molar-refractivity contribution is 5.94. The van der Waals surface area contributed by atoms with Gasteiger partial charge in [-0.2, -0.15) is 4.98 Å². The van der Waals surface area contributed by atoms with Gasteiger partial charge in [0.05, 0.1) is 7.11 Å². The minimum absolute atomic E-state index is 0.143. The van der Waals surface area contributed by atoms with Crippen LogP contribution in [0.3, 0.4) is 0 Å². The number of unbranched alkanes of at least 4 members (excludes halogenated alkanes) is 1. The number of ether oxygens (including phenoxy) is 2. The Kier molecular flexibility index (Phi) is 11.2. The Morgan fingerprint density at radius 2 is 1.84 bits per heavy atom. The van der Waals surface area contributed by atoms with Crippen LogP contribution < -0.4 is 21.7 Å². The molecule has 0 spiro atoms. The number of carbonyl (C=O) groups is 3. The minimum Gasteiger partial charge on any atom is -0.480 e. The molecule has 0 saturated carbocycles.